The Morgan fingerprint density at radius 1 is 1.26 bits per heavy atom. The van der Waals surface area contributed by atoms with Crippen LogP contribution in [0.15, 0.2) is 54.0 Å². The van der Waals surface area contributed by atoms with E-state index in [0.717, 1.165) is 10.6 Å². The lowest BCUT2D eigenvalue weighted by molar-refractivity contribution is 0.102. The zero-order valence-corrected chi connectivity index (χ0v) is 13.1. The molecule has 2 aromatic carbocycles. The molecule has 0 aliphatic heterocycles. The van der Waals surface area contributed by atoms with Crippen LogP contribution in [-0.2, 0) is 0 Å². The number of aromatic nitrogens is 1. The van der Waals surface area contributed by atoms with Gasteiger partial charge in [-0.2, -0.15) is 0 Å². The summed E-state index contributed by atoms with van der Waals surface area (Å²) in [6.07, 6.45) is 1.72. The van der Waals surface area contributed by atoms with Crippen LogP contribution in [0.3, 0.4) is 0 Å². The van der Waals surface area contributed by atoms with Crippen molar-refractivity contribution < 1.29 is 13.9 Å². The number of carbonyl (C=O) groups excluding carboxylic acids is 1. The first kappa shape index (κ1) is 15.2. The van der Waals surface area contributed by atoms with Gasteiger partial charge < -0.3 is 10.1 Å². The van der Waals surface area contributed by atoms with Crippen LogP contribution in [0.4, 0.5) is 10.1 Å². The van der Waals surface area contributed by atoms with Crippen LogP contribution in [0.25, 0.3) is 10.6 Å². The maximum atomic E-state index is 13.9. The van der Waals surface area contributed by atoms with E-state index in [1.165, 1.54) is 30.6 Å². The molecule has 3 aromatic rings. The molecule has 0 bridgehead atoms. The Morgan fingerprint density at radius 2 is 2.13 bits per heavy atom. The molecule has 4 nitrogen and oxygen atoms in total. The van der Waals surface area contributed by atoms with Crippen LogP contribution in [0, 0.1) is 5.82 Å². The first-order valence-electron chi connectivity index (χ1n) is 6.82. The van der Waals surface area contributed by atoms with Gasteiger partial charge in [-0.05, 0) is 24.3 Å². The third kappa shape index (κ3) is 3.37. The summed E-state index contributed by atoms with van der Waals surface area (Å²) in [6.45, 7) is 0. The van der Waals surface area contributed by atoms with Crippen LogP contribution < -0.4 is 10.1 Å². The molecule has 0 saturated heterocycles. The van der Waals surface area contributed by atoms with Crippen molar-refractivity contribution in [3.8, 4) is 16.3 Å². The number of benzene rings is 2. The second-order valence-electron chi connectivity index (χ2n) is 4.72. The smallest absolute Gasteiger partial charge is 0.258 e. The number of nitrogens with zero attached hydrogens (tertiary/aromatic N) is 1. The van der Waals surface area contributed by atoms with Crippen molar-refractivity contribution in [3.05, 3.63) is 65.4 Å². The van der Waals surface area contributed by atoms with Crippen molar-refractivity contribution in [2.24, 2.45) is 0 Å². The van der Waals surface area contributed by atoms with Gasteiger partial charge in [-0.15, -0.1) is 11.3 Å². The van der Waals surface area contributed by atoms with E-state index in [0.29, 0.717) is 11.4 Å². The number of amides is 1. The average molecular weight is 328 g/mol. The molecule has 6 heteroatoms. The normalized spacial score (nSPS) is 10.3. The fraction of sp³-hybridized carbons (Fsp3) is 0.0588. The van der Waals surface area contributed by atoms with Crippen molar-refractivity contribution in [1.29, 1.82) is 0 Å². The number of halogens is 1. The Balaban J connectivity index is 1.82. The van der Waals surface area contributed by atoms with Crippen LogP contribution in [-0.4, -0.2) is 18.0 Å². The van der Waals surface area contributed by atoms with Gasteiger partial charge in [0, 0.05) is 28.9 Å². The molecule has 0 atom stereocenters. The lowest BCUT2D eigenvalue weighted by atomic mass is 10.1. The molecule has 1 heterocycles. The second-order valence-corrected chi connectivity index (χ2v) is 5.61. The molecular weight excluding hydrogens is 315 g/mol. The van der Waals surface area contributed by atoms with E-state index in [9.17, 15) is 9.18 Å². The van der Waals surface area contributed by atoms with Gasteiger partial charge in [0.05, 0.1) is 12.7 Å². The van der Waals surface area contributed by atoms with Crippen LogP contribution in [0.2, 0.25) is 0 Å². The molecule has 0 aliphatic rings. The summed E-state index contributed by atoms with van der Waals surface area (Å²) in [6, 6.07) is 11.4. The minimum absolute atomic E-state index is 0.0366. The number of anilines is 1. The summed E-state index contributed by atoms with van der Waals surface area (Å²) in [4.78, 5) is 16.5. The van der Waals surface area contributed by atoms with E-state index < -0.39 is 11.7 Å². The summed E-state index contributed by atoms with van der Waals surface area (Å²) >= 11 is 1.51. The molecule has 23 heavy (non-hydrogen) atoms. The third-order valence-electron chi connectivity index (χ3n) is 3.22. The highest BCUT2D eigenvalue weighted by Crippen LogP contribution is 2.25. The average Bonchev–Trinajstić information content (AvgIpc) is 3.09. The standard InChI is InChI=1S/C17H13FN2O2S/c1-22-13-5-6-14(15(18)10-13)16(21)20-12-4-2-3-11(9-12)17-19-7-8-23-17/h2-10H,1H3,(H,20,21). The van der Waals surface area contributed by atoms with Gasteiger partial charge in [-0.3, -0.25) is 4.79 Å². The number of nitrogens with one attached hydrogen (secondary N) is 1. The van der Waals surface area contributed by atoms with Gasteiger partial charge in [0.25, 0.3) is 5.91 Å². The number of rotatable bonds is 4. The van der Waals surface area contributed by atoms with Gasteiger partial charge in [0.1, 0.15) is 16.6 Å². The number of thiazole rings is 1. The van der Waals surface area contributed by atoms with E-state index in [4.69, 9.17) is 4.74 Å². The summed E-state index contributed by atoms with van der Waals surface area (Å²) < 4.78 is 18.9. The van der Waals surface area contributed by atoms with Gasteiger partial charge in [-0.25, -0.2) is 9.37 Å². The quantitative estimate of drug-likeness (QED) is 0.780. The third-order valence-corrected chi connectivity index (χ3v) is 4.04. The van der Waals surface area contributed by atoms with Crippen molar-refractivity contribution in [3.63, 3.8) is 0 Å². The number of methoxy groups -OCH3 is 1. The zero-order valence-electron chi connectivity index (χ0n) is 12.2. The number of carbonyl (C=O) groups is 1. The summed E-state index contributed by atoms with van der Waals surface area (Å²) in [7, 11) is 1.44. The van der Waals surface area contributed by atoms with Gasteiger partial charge in [-0.1, -0.05) is 12.1 Å². The number of ether oxygens (including phenoxy) is 1. The van der Waals surface area contributed by atoms with Crippen molar-refractivity contribution in [1.82, 2.24) is 4.98 Å². The van der Waals surface area contributed by atoms with Gasteiger partial charge >= 0.3 is 0 Å². The lowest BCUT2D eigenvalue weighted by Crippen LogP contribution is -2.13. The molecular formula is C17H13FN2O2S. The molecule has 1 N–H and O–H groups in total. The molecule has 0 radical (unpaired) electrons. The molecule has 0 fully saturated rings. The molecule has 1 amide bonds. The Bertz CT molecular complexity index is 834. The highest BCUT2D eigenvalue weighted by molar-refractivity contribution is 7.13. The van der Waals surface area contributed by atoms with E-state index in [1.807, 2.05) is 17.5 Å². The molecule has 0 spiro atoms. The second kappa shape index (κ2) is 6.58. The topological polar surface area (TPSA) is 51.2 Å². The van der Waals surface area contributed by atoms with E-state index in [2.05, 4.69) is 10.3 Å². The maximum absolute atomic E-state index is 13.9. The van der Waals surface area contributed by atoms with E-state index in [1.54, 1.807) is 24.4 Å². The predicted molar refractivity (Wildman–Crippen MR) is 88.5 cm³/mol. The Morgan fingerprint density at radius 3 is 2.83 bits per heavy atom. The molecule has 0 unspecified atom stereocenters. The zero-order chi connectivity index (χ0) is 16.2. The Hall–Kier alpha value is -2.73. The minimum atomic E-state index is -0.627. The SMILES string of the molecule is COc1ccc(C(=O)Nc2cccc(-c3nccs3)c2)c(F)c1. The fourth-order valence-corrected chi connectivity index (χ4v) is 2.74. The summed E-state index contributed by atoms with van der Waals surface area (Å²) in [5.41, 5.74) is 1.44. The monoisotopic (exact) mass is 328 g/mol. The lowest BCUT2D eigenvalue weighted by Gasteiger charge is -2.08. The van der Waals surface area contributed by atoms with Crippen molar-refractivity contribution in [2.45, 2.75) is 0 Å². The largest absolute Gasteiger partial charge is 0.497 e. The van der Waals surface area contributed by atoms with Crippen molar-refractivity contribution >= 4 is 22.9 Å². The molecule has 3 rings (SSSR count). The van der Waals surface area contributed by atoms with Crippen LogP contribution in [0.5, 0.6) is 5.75 Å². The number of hydrogen-bond donors (Lipinski definition) is 1. The first-order chi connectivity index (χ1) is 11.2. The van der Waals surface area contributed by atoms with Crippen LogP contribution >= 0.6 is 11.3 Å². The van der Waals surface area contributed by atoms with Gasteiger partial charge in [0.2, 0.25) is 0 Å². The minimum Gasteiger partial charge on any atom is -0.497 e. The highest BCUT2D eigenvalue weighted by Gasteiger charge is 2.13. The molecule has 116 valence electrons. The maximum Gasteiger partial charge on any atom is 0.258 e. The van der Waals surface area contributed by atoms with E-state index >= 15 is 0 Å². The summed E-state index contributed by atoms with van der Waals surface area (Å²) in [5, 5.41) is 5.44. The highest BCUT2D eigenvalue weighted by atomic mass is 32.1. The summed E-state index contributed by atoms with van der Waals surface area (Å²) in [5.74, 6) is -0.774. The first-order valence-corrected chi connectivity index (χ1v) is 7.70. The van der Waals surface area contributed by atoms with Crippen molar-refractivity contribution in [2.75, 3.05) is 12.4 Å². The molecule has 1 aromatic heterocycles. The Kier molecular flexibility index (Phi) is 4.34. The molecule has 0 aliphatic carbocycles. The van der Waals surface area contributed by atoms with Crippen LogP contribution in [0.1, 0.15) is 10.4 Å². The number of hydrogen-bond acceptors (Lipinski definition) is 4. The van der Waals surface area contributed by atoms with Gasteiger partial charge in [0.15, 0.2) is 0 Å². The predicted octanol–water partition coefficient (Wildman–Crippen LogP) is 4.21. The molecule has 0 saturated carbocycles. The van der Waals surface area contributed by atoms with E-state index in [-0.39, 0.29) is 5.56 Å². The Labute approximate surface area is 136 Å². The fourth-order valence-electron chi connectivity index (χ4n) is 2.10.